The molecule has 1 aromatic rings. The summed E-state index contributed by atoms with van der Waals surface area (Å²) in [5, 5.41) is 11.9. The van der Waals surface area contributed by atoms with Crippen LogP contribution in [0.5, 0.6) is 11.5 Å². The fraction of sp³-hybridized carbons (Fsp3) is 0.357. The van der Waals surface area contributed by atoms with Crippen molar-refractivity contribution in [3.63, 3.8) is 0 Å². The first-order valence-corrected chi connectivity index (χ1v) is 6.03. The van der Waals surface area contributed by atoms with E-state index in [1.54, 1.807) is 25.3 Å². The Hall–Kier alpha value is -2.21. The number of nitrogens with one attached hydrogen (secondary N) is 1. The van der Waals surface area contributed by atoms with Crippen molar-refractivity contribution in [2.45, 2.75) is 0 Å². The number of carbonyl (C=O) groups is 1. The first kappa shape index (κ1) is 15.8. The predicted molar refractivity (Wildman–Crippen MR) is 74.6 cm³/mol. The van der Waals surface area contributed by atoms with Crippen LogP contribution < -0.4 is 14.8 Å². The molecule has 0 unspecified atom stereocenters. The third kappa shape index (κ3) is 4.17. The maximum atomic E-state index is 11.4. The summed E-state index contributed by atoms with van der Waals surface area (Å²) in [6, 6.07) is 5.22. The summed E-state index contributed by atoms with van der Waals surface area (Å²) in [5.41, 5.74) is 1.18. The van der Waals surface area contributed by atoms with Gasteiger partial charge in [0.15, 0.2) is 0 Å². The number of carbonyl (C=O) groups excluding carboxylic acids is 1. The number of hydrogen-bond acceptors (Lipinski definition) is 6. The molecule has 0 fully saturated rings. The second kappa shape index (κ2) is 8.06. The Kier molecular flexibility index (Phi) is 6.39. The van der Waals surface area contributed by atoms with Gasteiger partial charge in [-0.15, -0.1) is 0 Å². The zero-order valence-electron chi connectivity index (χ0n) is 11.8. The Morgan fingerprint density at radius 3 is 2.60 bits per heavy atom. The van der Waals surface area contributed by atoms with Gasteiger partial charge in [0.2, 0.25) is 0 Å². The van der Waals surface area contributed by atoms with Crippen molar-refractivity contribution in [2.24, 2.45) is 0 Å². The van der Waals surface area contributed by atoms with Crippen LogP contribution in [0.1, 0.15) is 5.56 Å². The first-order valence-electron chi connectivity index (χ1n) is 6.03. The molecule has 0 aliphatic carbocycles. The average molecular weight is 281 g/mol. The zero-order chi connectivity index (χ0) is 15.0. The second-order valence-corrected chi connectivity index (χ2v) is 3.80. The second-order valence-electron chi connectivity index (χ2n) is 3.80. The highest BCUT2D eigenvalue weighted by Crippen LogP contribution is 2.29. The summed E-state index contributed by atoms with van der Waals surface area (Å²) in [6.07, 6.45) is 1.31. The Morgan fingerprint density at radius 1 is 1.30 bits per heavy atom. The van der Waals surface area contributed by atoms with E-state index < -0.39 is 5.97 Å². The van der Waals surface area contributed by atoms with E-state index in [-0.39, 0.29) is 6.61 Å². The summed E-state index contributed by atoms with van der Waals surface area (Å²) in [4.78, 5) is 11.4. The van der Waals surface area contributed by atoms with Gasteiger partial charge in [0.05, 0.1) is 33.6 Å². The molecule has 1 aromatic carbocycles. The fourth-order valence-corrected chi connectivity index (χ4v) is 1.61. The van der Waals surface area contributed by atoms with Crippen LogP contribution in [0.2, 0.25) is 0 Å². The van der Waals surface area contributed by atoms with Gasteiger partial charge < -0.3 is 24.6 Å². The maximum Gasteiger partial charge on any atom is 0.332 e. The van der Waals surface area contributed by atoms with Crippen molar-refractivity contribution in [2.75, 3.05) is 34.5 Å². The van der Waals surface area contributed by atoms with Gasteiger partial charge in [-0.1, -0.05) is 0 Å². The minimum absolute atomic E-state index is 0.0585. The molecule has 0 atom stereocenters. The van der Waals surface area contributed by atoms with Crippen molar-refractivity contribution >= 4 is 11.7 Å². The topological polar surface area (TPSA) is 77.0 Å². The predicted octanol–water partition coefficient (Wildman–Crippen LogP) is 0.800. The number of aliphatic hydroxyl groups excluding tert-OH is 1. The lowest BCUT2D eigenvalue weighted by molar-refractivity contribution is -0.134. The molecule has 0 aliphatic heterocycles. The normalized spacial score (nSPS) is 10.9. The van der Waals surface area contributed by atoms with Crippen LogP contribution in [0, 0.1) is 0 Å². The summed E-state index contributed by atoms with van der Waals surface area (Å²) in [5.74, 6) is 0.693. The van der Waals surface area contributed by atoms with E-state index in [2.05, 4.69) is 10.1 Å². The third-order valence-corrected chi connectivity index (χ3v) is 2.59. The molecule has 0 heterocycles. The number of methoxy groups -OCH3 is 3. The molecule has 110 valence electrons. The number of esters is 1. The molecular weight excluding hydrogens is 262 g/mol. The van der Waals surface area contributed by atoms with E-state index in [4.69, 9.17) is 14.6 Å². The van der Waals surface area contributed by atoms with Crippen molar-refractivity contribution in [3.8, 4) is 11.5 Å². The summed E-state index contributed by atoms with van der Waals surface area (Å²) < 4.78 is 15.0. The van der Waals surface area contributed by atoms with E-state index in [0.717, 1.165) is 0 Å². The zero-order valence-corrected chi connectivity index (χ0v) is 11.8. The third-order valence-electron chi connectivity index (χ3n) is 2.59. The summed E-state index contributed by atoms with van der Waals surface area (Å²) in [6.45, 7) is 0.245. The number of ether oxygens (including phenoxy) is 3. The summed E-state index contributed by atoms with van der Waals surface area (Å²) >= 11 is 0. The monoisotopic (exact) mass is 281 g/mol. The van der Waals surface area contributed by atoms with Crippen molar-refractivity contribution < 1.29 is 24.1 Å². The van der Waals surface area contributed by atoms with E-state index in [0.29, 0.717) is 29.3 Å². The molecule has 0 aromatic heterocycles. The minimum atomic E-state index is -0.497. The van der Waals surface area contributed by atoms with Crippen molar-refractivity contribution in [3.05, 3.63) is 29.8 Å². The Morgan fingerprint density at radius 2 is 2.05 bits per heavy atom. The van der Waals surface area contributed by atoms with Crippen LogP contribution in [0.3, 0.4) is 0 Å². The molecule has 0 radical (unpaired) electrons. The molecule has 0 bridgehead atoms. The van der Waals surface area contributed by atoms with Crippen molar-refractivity contribution in [1.29, 1.82) is 0 Å². The number of benzene rings is 1. The highest BCUT2D eigenvalue weighted by atomic mass is 16.5. The number of hydrogen-bond donors (Lipinski definition) is 2. The lowest BCUT2D eigenvalue weighted by Gasteiger charge is -2.14. The van der Waals surface area contributed by atoms with Gasteiger partial charge in [-0.2, -0.15) is 0 Å². The molecule has 20 heavy (non-hydrogen) atoms. The van der Waals surface area contributed by atoms with E-state index in [1.165, 1.54) is 20.3 Å². The molecule has 0 amide bonds. The molecule has 6 nitrogen and oxygen atoms in total. The van der Waals surface area contributed by atoms with Crippen LogP contribution >= 0.6 is 0 Å². The highest BCUT2D eigenvalue weighted by molar-refractivity contribution is 5.91. The lowest BCUT2D eigenvalue weighted by Crippen LogP contribution is -2.18. The van der Waals surface area contributed by atoms with E-state index in [9.17, 15) is 4.79 Å². The summed E-state index contributed by atoms with van der Waals surface area (Å²) in [7, 11) is 4.39. The van der Waals surface area contributed by atoms with Gasteiger partial charge in [0.1, 0.15) is 11.5 Å². The molecule has 0 saturated heterocycles. The molecule has 2 N–H and O–H groups in total. The van der Waals surface area contributed by atoms with Gasteiger partial charge in [-0.3, -0.25) is 0 Å². The van der Waals surface area contributed by atoms with E-state index >= 15 is 0 Å². The van der Waals surface area contributed by atoms with Gasteiger partial charge in [-0.25, -0.2) is 4.79 Å². The highest BCUT2D eigenvalue weighted by Gasteiger charge is 2.11. The smallest absolute Gasteiger partial charge is 0.332 e. The largest absolute Gasteiger partial charge is 0.497 e. The molecule has 0 spiro atoms. The van der Waals surface area contributed by atoms with Gasteiger partial charge >= 0.3 is 5.97 Å². The fourth-order valence-electron chi connectivity index (χ4n) is 1.61. The SMILES string of the molecule is COC(=O)C=C(NCCO)c1ccc(OC)cc1OC. The quantitative estimate of drug-likeness (QED) is 0.568. The van der Waals surface area contributed by atoms with Crippen molar-refractivity contribution in [1.82, 2.24) is 5.32 Å². The van der Waals surface area contributed by atoms with Gasteiger partial charge in [0.25, 0.3) is 0 Å². The lowest BCUT2D eigenvalue weighted by atomic mass is 10.1. The van der Waals surface area contributed by atoms with Gasteiger partial charge in [0, 0.05) is 24.3 Å². The number of rotatable bonds is 7. The van der Waals surface area contributed by atoms with Crippen LogP contribution in [0.4, 0.5) is 0 Å². The van der Waals surface area contributed by atoms with Crippen LogP contribution in [0.25, 0.3) is 5.70 Å². The Bertz CT molecular complexity index is 484. The molecule has 6 heteroatoms. The van der Waals surface area contributed by atoms with Crippen LogP contribution in [-0.4, -0.2) is 45.6 Å². The molecular formula is C14H19NO5. The number of aliphatic hydroxyl groups is 1. The standard InChI is InChI=1S/C14H19NO5/c1-18-10-4-5-11(13(8-10)19-2)12(15-6-7-16)9-14(17)20-3/h4-5,8-9,15-16H,6-7H2,1-3H3. The minimum Gasteiger partial charge on any atom is -0.497 e. The first-order chi connectivity index (χ1) is 9.65. The van der Waals surface area contributed by atoms with Gasteiger partial charge in [-0.05, 0) is 12.1 Å². The average Bonchev–Trinajstić information content (AvgIpc) is 2.50. The molecule has 0 aliphatic rings. The molecule has 0 saturated carbocycles. The Balaban J connectivity index is 3.18. The molecule has 1 rings (SSSR count). The Labute approximate surface area is 118 Å². The van der Waals surface area contributed by atoms with E-state index in [1.807, 2.05) is 0 Å². The van der Waals surface area contributed by atoms with Crippen LogP contribution in [0.15, 0.2) is 24.3 Å². The van der Waals surface area contributed by atoms with Crippen LogP contribution in [-0.2, 0) is 9.53 Å². The maximum absolute atomic E-state index is 11.4.